The third kappa shape index (κ3) is 5.78. The molecule has 3 heterocycles. The molecule has 41 heavy (non-hydrogen) atoms. The minimum absolute atomic E-state index is 0.222. The highest BCUT2D eigenvalue weighted by atomic mass is 35.5. The number of amides is 1. The van der Waals surface area contributed by atoms with Gasteiger partial charge in [-0.05, 0) is 92.7 Å². The van der Waals surface area contributed by atoms with Crippen molar-refractivity contribution in [1.82, 2.24) is 14.5 Å². The standard InChI is InChI=1S/C34H31ClN4O2/c1-38-22-30(28-20-24(35)9-15-33(28)38)32-21-29(34(40)36-25-10-12-26(41-2)13-11-25)27-19-23(8-14-31(27)37-32)7-6-18-39-16-4-3-5-17-39/h8-15,19-22H,3-5,16-18H2,1-2H3,(H,36,40). The lowest BCUT2D eigenvalue weighted by Crippen LogP contribution is -2.29. The summed E-state index contributed by atoms with van der Waals surface area (Å²) in [6.45, 7) is 2.96. The van der Waals surface area contributed by atoms with Crippen molar-refractivity contribution in [2.75, 3.05) is 32.1 Å². The molecule has 1 fully saturated rings. The summed E-state index contributed by atoms with van der Waals surface area (Å²) in [5.41, 5.74) is 5.44. The summed E-state index contributed by atoms with van der Waals surface area (Å²) in [7, 11) is 3.61. The van der Waals surface area contributed by atoms with E-state index in [4.69, 9.17) is 21.3 Å². The van der Waals surface area contributed by atoms with Crippen LogP contribution in [0.3, 0.4) is 0 Å². The van der Waals surface area contributed by atoms with Crippen LogP contribution in [0.5, 0.6) is 5.75 Å². The second kappa shape index (κ2) is 11.7. The Morgan fingerprint density at radius 1 is 1.00 bits per heavy atom. The Bertz CT molecular complexity index is 1810. The second-order valence-electron chi connectivity index (χ2n) is 10.4. The Labute approximate surface area is 244 Å². The van der Waals surface area contributed by atoms with Crippen molar-refractivity contribution < 1.29 is 9.53 Å². The summed E-state index contributed by atoms with van der Waals surface area (Å²) in [5, 5.41) is 5.43. The van der Waals surface area contributed by atoms with Crippen molar-refractivity contribution >= 4 is 45.0 Å². The minimum atomic E-state index is -0.222. The van der Waals surface area contributed by atoms with Gasteiger partial charge in [-0.15, -0.1) is 0 Å². The van der Waals surface area contributed by atoms with Crippen LogP contribution in [-0.2, 0) is 7.05 Å². The third-order valence-corrected chi connectivity index (χ3v) is 7.85. The molecule has 3 aromatic carbocycles. The Morgan fingerprint density at radius 2 is 1.80 bits per heavy atom. The molecule has 1 saturated heterocycles. The van der Waals surface area contributed by atoms with Gasteiger partial charge in [0.25, 0.3) is 5.91 Å². The number of benzene rings is 3. The van der Waals surface area contributed by atoms with E-state index in [9.17, 15) is 4.79 Å². The summed E-state index contributed by atoms with van der Waals surface area (Å²) in [4.78, 5) is 21.2. The molecule has 0 unspecified atom stereocenters. The zero-order valence-electron chi connectivity index (χ0n) is 23.2. The summed E-state index contributed by atoms with van der Waals surface area (Å²) >= 11 is 6.37. The zero-order chi connectivity index (χ0) is 28.3. The van der Waals surface area contributed by atoms with Gasteiger partial charge >= 0.3 is 0 Å². The molecule has 6 nitrogen and oxygen atoms in total. The normalized spacial score (nSPS) is 13.6. The molecule has 1 aliphatic rings. The Hall–Kier alpha value is -4.31. The van der Waals surface area contributed by atoms with E-state index < -0.39 is 0 Å². The first kappa shape index (κ1) is 26.9. The van der Waals surface area contributed by atoms with Crippen LogP contribution in [0.25, 0.3) is 33.1 Å². The maximum absolute atomic E-state index is 13.8. The lowest BCUT2D eigenvalue weighted by molar-refractivity contribution is 0.102. The number of aryl methyl sites for hydroxylation is 1. The average molecular weight is 563 g/mol. The molecule has 0 spiro atoms. The van der Waals surface area contributed by atoms with E-state index in [0.29, 0.717) is 22.0 Å². The molecule has 5 aromatic rings. The van der Waals surface area contributed by atoms with Gasteiger partial charge in [-0.2, -0.15) is 0 Å². The van der Waals surface area contributed by atoms with Gasteiger partial charge in [0.2, 0.25) is 0 Å². The van der Waals surface area contributed by atoms with Crippen molar-refractivity contribution in [3.63, 3.8) is 0 Å². The average Bonchev–Trinajstić information content (AvgIpc) is 3.32. The Morgan fingerprint density at radius 3 is 2.59 bits per heavy atom. The quantitative estimate of drug-likeness (QED) is 0.231. The molecule has 0 atom stereocenters. The van der Waals surface area contributed by atoms with Crippen LogP contribution in [0.15, 0.2) is 72.9 Å². The van der Waals surface area contributed by atoms with Crippen molar-refractivity contribution in [3.05, 3.63) is 89.1 Å². The Balaban J connectivity index is 1.42. The van der Waals surface area contributed by atoms with Gasteiger partial charge in [0.1, 0.15) is 5.75 Å². The maximum Gasteiger partial charge on any atom is 0.256 e. The molecule has 1 N–H and O–H groups in total. The molecule has 206 valence electrons. The number of methoxy groups -OCH3 is 1. The minimum Gasteiger partial charge on any atom is -0.497 e. The lowest BCUT2D eigenvalue weighted by Gasteiger charge is -2.23. The molecule has 7 heteroatoms. The SMILES string of the molecule is COc1ccc(NC(=O)c2cc(-c3cn(C)c4ccc(Cl)cc34)nc3ccc(C#CCN4CCCCC4)cc23)cc1. The van der Waals surface area contributed by atoms with Gasteiger partial charge in [0.15, 0.2) is 0 Å². The van der Waals surface area contributed by atoms with Crippen molar-refractivity contribution in [2.45, 2.75) is 19.3 Å². The number of carbonyl (C=O) groups excluding carboxylic acids is 1. The summed E-state index contributed by atoms with van der Waals surface area (Å²) in [6, 6.07) is 20.9. The molecule has 0 radical (unpaired) electrons. The number of piperidine rings is 1. The van der Waals surface area contributed by atoms with Crippen LogP contribution in [0.2, 0.25) is 5.02 Å². The number of pyridine rings is 1. The largest absolute Gasteiger partial charge is 0.497 e. The first-order valence-electron chi connectivity index (χ1n) is 13.8. The summed E-state index contributed by atoms with van der Waals surface area (Å²) < 4.78 is 7.31. The van der Waals surface area contributed by atoms with Crippen LogP contribution >= 0.6 is 11.6 Å². The number of nitrogens with one attached hydrogen (secondary N) is 1. The summed E-state index contributed by atoms with van der Waals surface area (Å²) in [5.74, 6) is 7.14. The van der Waals surface area contributed by atoms with Gasteiger partial charge < -0.3 is 14.6 Å². The number of likely N-dealkylation sites (tertiary alicyclic amines) is 1. The molecule has 1 amide bonds. The molecule has 6 rings (SSSR count). The van der Waals surface area contributed by atoms with Crippen LogP contribution in [0.4, 0.5) is 5.69 Å². The summed E-state index contributed by atoms with van der Waals surface area (Å²) in [6.07, 6.45) is 5.81. The molecule has 0 bridgehead atoms. The topological polar surface area (TPSA) is 59.4 Å². The Kier molecular flexibility index (Phi) is 7.65. The smallest absolute Gasteiger partial charge is 0.256 e. The number of carbonyl (C=O) groups is 1. The highest BCUT2D eigenvalue weighted by Gasteiger charge is 2.18. The number of hydrogen-bond donors (Lipinski definition) is 1. The van der Waals surface area contributed by atoms with Crippen LogP contribution in [0, 0.1) is 11.8 Å². The van der Waals surface area contributed by atoms with Crippen molar-refractivity contribution in [3.8, 4) is 28.8 Å². The molecule has 0 saturated carbocycles. The van der Waals surface area contributed by atoms with E-state index in [1.165, 1.54) is 19.3 Å². The van der Waals surface area contributed by atoms with Gasteiger partial charge in [-0.3, -0.25) is 9.69 Å². The number of aromatic nitrogens is 2. The van der Waals surface area contributed by atoms with Crippen LogP contribution in [0.1, 0.15) is 35.2 Å². The fourth-order valence-electron chi connectivity index (χ4n) is 5.44. The number of rotatable bonds is 5. The predicted molar refractivity (Wildman–Crippen MR) is 167 cm³/mol. The monoisotopic (exact) mass is 562 g/mol. The third-order valence-electron chi connectivity index (χ3n) is 7.61. The first-order chi connectivity index (χ1) is 20.0. The number of ether oxygens (including phenoxy) is 1. The number of halogens is 1. The van der Waals surface area contributed by atoms with E-state index in [2.05, 4.69) is 22.1 Å². The van der Waals surface area contributed by atoms with Crippen molar-refractivity contribution in [1.29, 1.82) is 0 Å². The highest BCUT2D eigenvalue weighted by molar-refractivity contribution is 6.31. The van der Waals surface area contributed by atoms with E-state index >= 15 is 0 Å². The van der Waals surface area contributed by atoms with E-state index in [1.807, 2.05) is 84.5 Å². The second-order valence-corrected chi connectivity index (χ2v) is 10.9. The van der Waals surface area contributed by atoms with E-state index in [1.54, 1.807) is 7.11 Å². The predicted octanol–water partition coefficient (Wildman–Crippen LogP) is 7.15. The van der Waals surface area contributed by atoms with Crippen molar-refractivity contribution in [2.24, 2.45) is 7.05 Å². The van der Waals surface area contributed by atoms with Gasteiger partial charge in [0, 0.05) is 51.4 Å². The molecule has 0 aliphatic carbocycles. The lowest BCUT2D eigenvalue weighted by atomic mass is 10.0. The first-order valence-corrected chi connectivity index (χ1v) is 14.2. The van der Waals surface area contributed by atoms with E-state index in [-0.39, 0.29) is 5.91 Å². The zero-order valence-corrected chi connectivity index (χ0v) is 24.0. The van der Waals surface area contributed by atoms with Crippen LogP contribution < -0.4 is 10.1 Å². The fraction of sp³-hybridized carbons (Fsp3) is 0.235. The number of fused-ring (bicyclic) bond motifs is 2. The highest BCUT2D eigenvalue weighted by Crippen LogP contribution is 2.34. The number of anilines is 1. The van der Waals surface area contributed by atoms with Gasteiger partial charge in [-0.25, -0.2) is 4.98 Å². The van der Waals surface area contributed by atoms with Gasteiger partial charge in [-0.1, -0.05) is 29.9 Å². The molecule has 2 aromatic heterocycles. The van der Waals surface area contributed by atoms with Gasteiger partial charge in [0.05, 0.1) is 30.4 Å². The van der Waals surface area contributed by atoms with E-state index in [0.717, 1.165) is 58.3 Å². The number of nitrogens with zero attached hydrogens (tertiary/aromatic N) is 3. The maximum atomic E-state index is 13.8. The fourth-order valence-corrected chi connectivity index (χ4v) is 5.61. The molecule has 1 aliphatic heterocycles. The molecular formula is C34H31ClN4O2. The number of hydrogen-bond acceptors (Lipinski definition) is 4. The molecular weight excluding hydrogens is 532 g/mol. The van der Waals surface area contributed by atoms with Crippen LogP contribution in [-0.4, -0.2) is 47.1 Å².